The molecule has 1 aliphatic carbocycles. The lowest BCUT2D eigenvalue weighted by molar-refractivity contribution is -0.907. The van der Waals surface area contributed by atoms with Gasteiger partial charge in [-0.25, -0.2) is 4.79 Å². The summed E-state index contributed by atoms with van der Waals surface area (Å²) in [6.45, 7) is 0.970. The second-order valence-corrected chi connectivity index (χ2v) is 8.79. The number of carboxylic acid groups (broad SMARTS) is 1. The molecule has 2 aliphatic rings. The number of likely N-dealkylation sites (tertiary alicyclic amines) is 1. The zero-order valence-corrected chi connectivity index (χ0v) is 17.8. The zero-order chi connectivity index (χ0) is 22.6. The lowest BCUT2D eigenvalue weighted by Gasteiger charge is -2.48. The lowest BCUT2D eigenvalue weighted by Crippen LogP contribution is -2.71. The van der Waals surface area contributed by atoms with Gasteiger partial charge in [-0.3, -0.25) is 9.69 Å². The highest BCUT2D eigenvalue weighted by Crippen LogP contribution is 2.42. The number of benzene rings is 1. The van der Waals surface area contributed by atoms with Crippen molar-refractivity contribution in [3.8, 4) is 0 Å². The molecule has 1 aromatic carbocycles. The minimum atomic E-state index is -4.27. The monoisotopic (exact) mass is 442 g/mol. The van der Waals surface area contributed by atoms with Crippen molar-refractivity contribution in [3.05, 3.63) is 35.9 Å². The molecule has 1 aromatic rings. The predicted molar refractivity (Wildman–Crippen MR) is 109 cm³/mol. The van der Waals surface area contributed by atoms with Crippen molar-refractivity contribution in [3.63, 3.8) is 0 Å². The molecule has 3 rings (SSSR count). The van der Waals surface area contributed by atoms with Crippen LogP contribution in [0.3, 0.4) is 0 Å². The van der Waals surface area contributed by atoms with Gasteiger partial charge in [-0.05, 0) is 44.3 Å². The maximum absolute atomic E-state index is 13.5. The average molecular weight is 443 g/mol. The van der Waals surface area contributed by atoms with Crippen molar-refractivity contribution in [1.29, 1.82) is 0 Å². The topological polar surface area (TPSA) is 69.6 Å². The maximum Gasteiger partial charge on any atom is 0.391 e. The van der Waals surface area contributed by atoms with Crippen LogP contribution in [-0.2, 0) is 16.0 Å². The number of carbonyl (C=O) groups is 2. The number of carboxylic acids is 1. The highest BCUT2D eigenvalue weighted by atomic mass is 19.4. The molecule has 1 aliphatic heterocycles. The number of hydrogen-bond acceptors (Lipinski definition) is 4. The first kappa shape index (κ1) is 23.7. The Hall–Kier alpha value is -1.97. The molecule has 6 nitrogen and oxygen atoms in total. The Balaban J connectivity index is 1.90. The highest BCUT2D eigenvalue weighted by Gasteiger charge is 2.54. The molecule has 0 aromatic heterocycles. The van der Waals surface area contributed by atoms with E-state index in [4.69, 9.17) is 0 Å². The summed E-state index contributed by atoms with van der Waals surface area (Å²) in [5.74, 6) is -2.75. The summed E-state index contributed by atoms with van der Waals surface area (Å²) in [4.78, 5) is 26.8. The van der Waals surface area contributed by atoms with E-state index in [1.54, 1.807) is 7.05 Å². The normalized spacial score (nSPS) is 27.0. The molecule has 0 bridgehead atoms. The lowest BCUT2D eigenvalue weighted by atomic mass is 9.80. The number of likely N-dealkylation sites (N-methyl/N-ethyl adjacent to an activating group) is 1. The van der Waals surface area contributed by atoms with Crippen LogP contribution in [0, 0.1) is 5.92 Å². The number of nitrogens with zero attached hydrogens (tertiary/aromatic N) is 2. The molecule has 2 N–H and O–H groups in total. The van der Waals surface area contributed by atoms with Gasteiger partial charge in [0.2, 0.25) is 0 Å². The van der Waals surface area contributed by atoms with Crippen LogP contribution in [0.1, 0.15) is 37.7 Å². The van der Waals surface area contributed by atoms with Gasteiger partial charge in [0.1, 0.15) is 12.6 Å². The fourth-order valence-electron chi connectivity index (χ4n) is 5.05. The third-order valence-corrected chi connectivity index (χ3v) is 6.79. The number of quaternary nitrogens is 1. The quantitative estimate of drug-likeness (QED) is 0.502. The van der Waals surface area contributed by atoms with E-state index in [9.17, 15) is 27.9 Å². The zero-order valence-electron chi connectivity index (χ0n) is 17.8. The summed E-state index contributed by atoms with van der Waals surface area (Å²) >= 11 is 0. The van der Waals surface area contributed by atoms with Gasteiger partial charge >= 0.3 is 18.1 Å². The molecule has 1 amide bonds. The second-order valence-electron chi connectivity index (χ2n) is 8.79. The molecule has 4 atom stereocenters. The van der Waals surface area contributed by atoms with Crippen molar-refractivity contribution < 1.29 is 32.5 Å². The summed E-state index contributed by atoms with van der Waals surface area (Å²) in [6, 6.07) is 8.22. The Bertz CT molecular complexity index is 768. The molecule has 1 heterocycles. The van der Waals surface area contributed by atoms with Crippen molar-refractivity contribution in [2.24, 2.45) is 5.92 Å². The molecule has 0 radical (unpaired) electrons. The summed E-state index contributed by atoms with van der Waals surface area (Å²) in [6.07, 6.45) is -2.26. The third kappa shape index (κ3) is 5.64. The van der Waals surface area contributed by atoms with Crippen LogP contribution < -0.4 is 5.43 Å². The summed E-state index contributed by atoms with van der Waals surface area (Å²) < 4.78 is 40.2. The Morgan fingerprint density at radius 1 is 1.16 bits per heavy atom. The Morgan fingerprint density at radius 3 is 2.39 bits per heavy atom. The van der Waals surface area contributed by atoms with Gasteiger partial charge in [0.15, 0.2) is 0 Å². The van der Waals surface area contributed by atoms with Crippen LogP contribution in [0.2, 0.25) is 0 Å². The standard InChI is InChI=1S/C22H30F3N3O3/c1-28(26-15-21(30)31,20(29)13-16-7-3-2-4-8-16)19-10-9-17(22(23,24)25)14-18(19)27-11-5-6-12-27/h2-4,7-8,17-19,26H,5-6,9-15H2,1H3/p+1/t17?,18-,19-,28?/m0/s1. The van der Waals surface area contributed by atoms with E-state index < -0.39 is 36.7 Å². The van der Waals surface area contributed by atoms with E-state index in [0.717, 1.165) is 18.4 Å². The molecule has 1 saturated heterocycles. The smallest absolute Gasteiger partial charge is 0.391 e. The molecular formula is C22H31F3N3O3+. The Morgan fingerprint density at radius 2 is 1.81 bits per heavy atom. The first-order chi connectivity index (χ1) is 14.6. The summed E-state index contributed by atoms with van der Waals surface area (Å²) in [7, 11) is 1.62. The molecule has 31 heavy (non-hydrogen) atoms. The molecule has 2 unspecified atom stereocenters. The van der Waals surface area contributed by atoms with E-state index in [2.05, 4.69) is 10.3 Å². The van der Waals surface area contributed by atoms with Crippen LogP contribution >= 0.6 is 0 Å². The molecule has 9 heteroatoms. The molecular weight excluding hydrogens is 411 g/mol. The van der Waals surface area contributed by atoms with E-state index >= 15 is 0 Å². The van der Waals surface area contributed by atoms with E-state index in [0.29, 0.717) is 13.1 Å². The van der Waals surface area contributed by atoms with E-state index in [1.807, 2.05) is 30.3 Å². The Kier molecular flexibility index (Phi) is 7.39. The summed E-state index contributed by atoms with van der Waals surface area (Å²) in [5, 5.41) is 9.23. The van der Waals surface area contributed by atoms with Crippen LogP contribution in [0.5, 0.6) is 0 Å². The second kappa shape index (κ2) is 9.67. The van der Waals surface area contributed by atoms with Gasteiger partial charge in [-0.2, -0.15) is 17.8 Å². The van der Waals surface area contributed by atoms with Gasteiger partial charge in [0.05, 0.1) is 25.4 Å². The minimum absolute atomic E-state index is 0.0558. The van der Waals surface area contributed by atoms with Gasteiger partial charge in [0, 0.05) is 6.42 Å². The fourth-order valence-corrected chi connectivity index (χ4v) is 5.05. The van der Waals surface area contributed by atoms with Crippen LogP contribution in [0.15, 0.2) is 30.3 Å². The van der Waals surface area contributed by atoms with Gasteiger partial charge in [-0.1, -0.05) is 30.3 Å². The Labute approximate surface area is 180 Å². The number of hydrogen-bond donors (Lipinski definition) is 2. The van der Waals surface area contributed by atoms with Crippen molar-refractivity contribution >= 4 is 11.9 Å². The average Bonchev–Trinajstić information content (AvgIpc) is 3.26. The number of halogens is 3. The number of amides is 1. The highest BCUT2D eigenvalue weighted by molar-refractivity contribution is 5.73. The van der Waals surface area contributed by atoms with Crippen LogP contribution in [0.4, 0.5) is 13.2 Å². The van der Waals surface area contributed by atoms with Crippen LogP contribution in [0.25, 0.3) is 0 Å². The first-order valence-electron chi connectivity index (χ1n) is 10.8. The third-order valence-electron chi connectivity index (χ3n) is 6.79. The number of alkyl halides is 3. The van der Waals surface area contributed by atoms with E-state index in [1.165, 1.54) is 0 Å². The number of aliphatic carboxylic acids is 1. The SMILES string of the molecule is C[N+](NCC(=O)O)(C(=O)Cc1ccccc1)[C@H]1CCC(C(F)(F)F)C[C@@H]1N1CCCC1. The number of carbonyl (C=O) groups excluding carboxylic acids is 1. The van der Waals surface area contributed by atoms with Crippen molar-refractivity contribution in [2.45, 2.75) is 56.8 Å². The molecule has 172 valence electrons. The predicted octanol–water partition coefficient (Wildman–Crippen LogP) is 2.99. The van der Waals surface area contributed by atoms with Gasteiger partial charge in [0.25, 0.3) is 0 Å². The summed E-state index contributed by atoms with van der Waals surface area (Å²) in [5.41, 5.74) is 3.66. The van der Waals surface area contributed by atoms with Gasteiger partial charge in [-0.15, -0.1) is 5.43 Å². The number of rotatable bonds is 7. The van der Waals surface area contributed by atoms with Crippen LogP contribution in [-0.4, -0.2) is 71.4 Å². The maximum atomic E-state index is 13.5. The van der Waals surface area contributed by atoms with Crippen molar-refractivity contribution in [2.75, 3.05) is 26.7 Å². The minimum Gasteiger partial charge on any atom is -0.480 e. The first-order valence-corrected chi connectivity index (χ1v) is 10.8. The van der Waals surface area contributed by atoms with Crippen molar-refractivity contribution in [1.82, 2.24) is 10.3 Å². The number of nitrogens with one attached hydrogen (secondary N) is 1. The van der Waals surface area contributed by atoms with Gasteiger partial charge < -0.3 is 5.11 Å². The molecule has 0 spiro atoms. The molecule has 2 fully saturated rings. The molecule has 1 saturated carbocycles. The van der Waals surface area contributed by atoms with E-state index in [-0.39, 0.29) is 36.2 Å². The fraction of sp³-hybridized carbons (Fsp3) is 0.636. The largest absolute Gasteiger partial charge is 0.480 e.